The maximum atomic E-state index is 11.7. The molecule has 2 aromatic heterocycles. The van der Waals surface area contributed by atoms with Gasteiger partial charge in [-0.25, -0.2) is 19.6 Å². The molecule has 19 nitrogen and oxygen atoms in total. The number of anilines is 4. The molecule has 0 spiro atoms. The van der Waals surface area contributed by atoms with E-state index in [0.717, 1.165) is 64.6 Å². The third-order valence-corrected chi connectivity index (χ3v) is 11.4. The second kappa shape index (κ2) is 17.0. The molecule has 0 aliphatic rings. The minimum atomic E-state index is -4.52. The molecule has 6 N–H and O–H groups in total. The molecule has 22 heteroatoms. The molecule has 0 saturated heterocycles. The lowest BCUT2D eigenvalue weighted by Gasteiger charge is -2.16. The molecule has 0 atom stereocenters. The first-order valence-corrected chi connectivity index (χ1v) is 21.3. The Morgan fingerprint density at radius 2 is 1.24 bits per heavy atom. The van der Waals surface area contributed by atoms with E-state index in [2.05, 4.69) is 47.1 Å². The van der Waals surface area contributed by atoms with E-state index in [4.69, 9.17) is 0 Å². The van der Waals surface area contributed by atoms with Crippen molar-refractivity contribution < 1.29 is 45.7 Å². The Labute approximate surface area is 354 Å². The molecule has 0 bridgehead atoms. The number of nitriles is 1. The quantitative estimate of drug-likeness (QED) is 0.0463. The van der Waals surface area contributed by atoms with Gasteiger partial charge in [0.1, 0.15) is 17.5 Å². The fourth-order valence-corrected chi connectivity index (χ4v) is 7.57. The first-order valence-electron chi connectivity index (χ1n) is 17.6. The SMILES string of the molecule is Cc1c(C#N)c(Nc2ccc(S(=O)(=O)O)cc2)nc(Nc2ccc(S(=O)(=O)O)cc2)c1/N=N/c1nc(-c2ccc3ccccc3c2)c(N=Nc2cc(C(=O)O)cc(C(=O)O)c2)s1. The van der Waals surface area contributed by atoms with Gasteiger partial charge in [0.15, 0.2) is 16.6 Å². The van der Waals surface area contributed by atoms with Crippen molar-refractivity contribution in [1.82, 2.24) is 9.97 Å². The Morgan fingerprint density at radius 1 is 0.677 bits per heavy atom. The van der Waals surface area contributed by atoms with Crippen LogP contribution < -0.4 is 10.6 Å². The van der Waals surface area contributed by atoms with Gasteiger partial charge in [-0.15, -0.1) is 20.5 Å². The average Bonchev–Trinajstić information content (AvgIpc) is 3.65. The number of benzene rings is 5. The topological polar surface area (TPSA) is 306 Å². The van der Waals surface area contributed by atoms with E-state index in [1.54, 1.807) is 13.0 Å². The Hall–Kier alpha value is -7.81. The van der Waals surface area contributed by atoms with Crippen molar-refractivity contribution >= 4 is 98.8 Å². The third-order valence-electron chi connectivity index (χ3n) is 8.88. The number of carbonyl (C=O) groups is 2. The van der Waals surface area contributed by atoms with E-state index in [-0.39, 0.29) is 70.9 Å². The highest BCUT2D eigenvalue weighted by Gasteiger charge is 2.21. The summed E-state index contributed by atoms with van der Waals surface area (Å²) in [6.45, 7) is 1.56. The van der Waals surface area contributed by atoms with Crippen molar-refractivity contribution in [3.05, 3.63) is 131 Å². The zero-order valence-corrected chi connectivity index (χ0v) is 33.9. The molecule has 0 saturated carbocycles. The molecule has 310 valence electrons. The lowest BCUT2D eigenvalue weighted by molar-refractivity contribution is 0.0696. The van der Waals surface area contributed by atoms with Crippen LogP contribution in [0.4, 0.5) is 44.5 Å². The molecule has 0 amide bonds. The van der Waals surface area contributed by atoms with Crippen LogP contribution in [0.25, 0.3) is 22.0 Å². The molecule has 0 aliphatic heterocycles. The van der Waals surface area contributed by atoms with E-state index in [1.165, 1.54) is 24.3 Å². The van der Waals surface area contributed by atoms with Crippen molar-refractivity contribution in [3.63, 3.8) is 0 Å². The zero-order valence-electron chi connectivity index (χ0n) is 31.5. The number of nitrogens with one attached hydrogen (secondary N) is 2. The number of aromatic nitrogens is 2. The van der Waals surface area contributed by atoms with Gasteiger partial charge in [0, 0.05) is 22.5 Å². The third kappa shape index (κ3) is 9.47. The number of carboxylic acids is 2. The van der Waals surface area contributed by atoms with E-state index in [9.17, 15) is 51.0 Å². The number of nitrogens with zero attached hydrogens (tertiary/aromatic N) is 7. The van der Waals surface area contributed by atoms with E-state index in [0.29, 0.717) is 16.9 Å². The predicted molar refractivity (Wildman–Crippen MR) is 227 cm³/mol. The fourth-order valence-electron chi connectivity index (χ4n) is 5.87. The maximum Gasteiger partial charge on any atom is 0.335 e. The largest absolute Gasteiger partial charge is 0.478 e. The van der Waals surface area contributed by atoms with Gasteiger partial charge in [-0.3, -0.25) is 9.11 Å². The standard InChI is InChI=1S/C40H27N9O10S3/c1-21-32(20-41)35(42-27-8-12-30(13-9-27)61(54,55)56)45-36(43-28-10-14-31(15-11-28)62(57,58)59)33(21)47-49-40-44-34(24-7-6-22-4-2-3-5-23(22)16-24)37(60-40)48-46-29-18-25(38(50)51)17-26(19-29)39(52)53/h2-19H,1H3,(H,50,51)(H,52,53)(H2,42,43,45)(H,54,55,56)(H,57,58,59)/b48-46?,49-47+. The molecule has 62 heavy (non-hydrogen) atoms. The van der Waals surface area contributed by atoms with Crippen LogP contribution in [-0.4, -0.2) is 58.1 Å². The summed E-state index contributed by atoms with van der Waals surface area (Å²) in [5.74, 6) is -2.74. The van der Waals surface area contributed by atoms with Crippen LogP contribution in [0.1, 0.15) is 31.8 Å². The normalized spacial score (nSPS) is 11.8. The molecule has 0 aliphatic carbocycles. The number of carboxylic acid groups (broad SMARTS) is 2. The summed E-state index contributed by atoms with van der Waals surface area (Å²) >= 11 is 0.933. The minimum Gasteiger partial charge on any atom is -0.478 e. The molecule has 2 heterocycles. The Bertz CT molecular complexity index is 3240. The lowest BCUT2D eigenvalue weighted by Crippen LogP contribution is -2.05. The van der Waals surface area contributed by atoms with Crippen molar-refractivity contribution in [1.29, 1.82) is 5.26 Å². The zero-order chi connectivity index (χ0) is 44.3. The van der Waals surface area contributed by atoms with Gasteiger partial charge in [0.05, 0.1) is 32.2 Å². The smallest absolute Gasteiger partial charge is 0.335 e. The number of rotatable bonds is 13. The van der Waals surface area contributed by atoms with Crippen LogP contribution in [-0.2, 0) is 20.2 Å². The number of pyridine rings is 1. The molecule has 0 fully saturated rings. The van der Waals surface area contributed by atoms with Gasteiger partial charge in [-0.1, -0.05) is 47.7 Å². The summed E-state index contributed by atoms with van der Waals surface area (Å²) in [7, 11) is -9.00. The van der Waals surface area contributed by atoms with E-state index >= 15 is 0 Å². The van der Waals surface area contributed by atoms with Crippen LogP contribution in [0.15, 0.2) is 139 Å². The summed E-state index contributed by atoms with van der Waals surface area (Å²) in [6, 6.07) is 28.5. The van der Waals surface area contributed by atoms with Crippen LogP contribution in [0, 0.1) is 18.3 Å². The van der Waals surface area contributed by atoms with Gasteiger partial charge in [0.25, 0.3) is 20.2 Å². The highest BCUT2D eigenvalue weighted by atomic mass is 32.2. The number of hydrogen-bond acceptors (Lipinski definition) is 16. The van der Waals surface area contributed by atoms with Gasteiger partial charge < -0.3 is 20.8 Å². The molecule has 5 aromatic carbocycles. The molecule has 0 radical (unpaired) electrons. The maximum absolute atomic E-state index is 11.7. The van der Waals surface area contributed by atoms with Crippen molar-refractivity contribution in [2.45, 2.75) is 16.7 Å². The number of thiazole rings is 1. The van der Waals surface area contributed by atoms with Crippen LogP contribution in [0.5, 0.6) is 0 Å². The molecular formula is C40H27N9O10S3. The predicted octanol–water partition coefficient (Wildman–Crippen LogP) is 9.75. The second-order valence-corrected chi connectivity index (χ2v) is 16.8. The summed E-state index contributed by atoms with van der Waals surface area (Å²) < 4.78 is 65.5. The molecular weight excluding hydrogens is 863 g/mol. The van der Waals surface area contributed by atoms with Gasteiger partial charge in [-0.05, 0) is 90.5 Å². The summed E-state index contributed by atoms with van der Waals surface area (Å²) in [5.41, 5.74) is 1.06. The monoisotopic (exact) mass is 889 g/mol. The van der Waals surface area contributed by atoms with Crippen LogP contribution in [0.3, 0.4) is 0 Å². The average molecular weight is 890 g/mol. The molecule has 7 rings (SSSR count). The molecule has 0 unspecified atom stereocenters. The van der Waals surface area contributed by atoms with Gasteiger partial charge >= 0.3 is 11.9 Å². The van der Waals surface area contributed by atoms with Crippen molar-refractivity contribution in [2.24, 2.45) is 20.5 Å². The van der Waals surface area contributed by atoms with Crippen LogP contribution >= 0.6 is 11.3 Å². The van der Waals surface area contributed by atoms with Gasteiger partial charge in [-0.2, -0.15) is 22.1 Å². The first kappa shape index (κ1) is 42.3. The number of fused-ring (bicyclic) bond motifs is 1. The highest BCUT2D eigenvalue weighted by molar-refractivity contribution is 7.86. The number of aromatic carboxylic acids is 2. The van der Waals surface area contributed by atoms with Crippen molar-refractivity contribution in [3.8, 4) is 17.3 Å². The van der Waals surface area contributed by atoms with Crippen LogP contribution in [0.2, 0.25) is 0 Å². The van der Waals surface area contributed by atoms with E-state index < -0.39 is 32.2 Å². The summed E-state index contributed by atoms with van der Waals surface area (Å²) in [5, 5.41) is 54.8. The van der Waals surface area contributed by atoms with Gasteiger partial charge in [0.2, 0.25) is 5.13 Å². The number of azo groups is 2. The Kier molecular flexibility index (Phi) is 11.6. The highest BCUT2D eigenvalue weighted by Crippen LogP contribution is 2.43. The van der Waals surface area contributed by atoms with E-state index in [1.807, 2.05) is 36.4 Å². The second-order valence-electron chi connectivity index (χ2n) is 13.0. The fraction of sp³-hybridized carbons (Fsp3) is 0.0250. The first-order chi connectivity index (χ1) is 29.5. The number of hydrogen-bond donors (Lipinski definition) is 6. The lowest BCUT2D eigenvalue weighted by atomic mass is 10.1. The Balaban J connectivity index is 1.33. The van der Waals surface area contributed by atoms with Crippen molar-refractivity contribution in [2.75, 3.05) is 10.6 Å². The molecule has 7 aromatic rings. The Morgan fingerprint density at radius 3 is 1.79 bits per heavy atom. The summed E-state index contributed by atoms with van der Waals surface area (Å²) in [6.07, 6.45) is 0. The summed E-state index contributed by atoms with van der Waals surface area (Å²) in [4.78, 5) is 32.0. The minimum absolute atomic E-state index is 0.000111.